The minimum Gasteiger partial charge on any atom is -0.495 e. The summed E-state index contributed by atoms with van der Waals surface area (Å²) in [5, 5.41) is 4.01. The first-order valence-electron chi connectivity index (χ1n) is 9.57. The molecular weight excluding hydrogens is 420 g/mol. The lowest BCUT2D eigenvalue weighted by molar-refractivity contribution is -0.119. The molecule has 1 N–H and O–H groups in total. The molecule has 4 rings (SSSR count). The molecule has 8 nitrogen and oxygen atoms in total. The molecule has 9 heteroatoms. The van der Waals surface area contributed by atoms with Crippen molar-refractivity contribution in [2.45, 2.75) is 19.9 Å². The summed E-state index contributed by atoms with van der Waals surface area (Å²) in [7, 11) is 3.00. The van der Waals surface area contributed by atoms with Gasteiger partial charge in [-0.2, -0.15) is 4.98 Å². The van der Waals surface area contributed by atoms with E-state index in [0.29, 0.717) is 33.6 Å². The molecule has 0 aliphatic rings. The number of nitrogens with one attached hydrogen (secondary N) is 1. The molecule has 0 aliphatic carbocycles. The molecule has 0 aliphatic heterocycles. The van der Waals surface area contributed by atoms with Gasteiger partial charge in [0.1, 0.15) is 17.5 Å². The topological polar surface area (TPSA) is 86.9 Å². The summed E-state index contributed by atoms with van der Waals surface area (Å²) in [6, 6.07) is 11.5. The van der Waals surface area contributed by atoms with Crippen molar-refractivity contribution >= 4 is 39.7 Å². The van der Waals surface area contributed by atoms with Gasteiger partial charge in [0.25, 0.3) is 5.56 Å². The fraction of sp³-hybridized carbons (Fsp3) is 0.227. The molecule has 0 saturated carbocycles. The van der Waals surface area contributed by atoms with Crippen LogP contribution in [0.1, 0.15) is 18.7 Å². The van der Waals surface area contributed by atoms with Crippen molar-refractivity contribution in [1.29, 1.82) is 0 Å². The Balaban J connectivity index is 1.82. The number of hydrogen-bond acceptors (Lipinski definition) is 5. The van der Waals surface area contributed by atoms with Crippen LogP contribution in [0.25, 0.3) is 16.6 Å². The van der Waals surface area contributed by atoms with Crippen molar-refractivity contribution in [2.24, 2.45) is 0 Å². The van der Waals surface area contributed by atoms with Crippen LogP contribution in [-0.4, -0.2) is 34.3 Å². The van der Waals surface area contributed by atoms with Gasteiger partial charge in [0.05, 0.1) is 30.4 Å². The highest BCUT2D eigenvalue weighted by molar-refractivity contribution is 6.32. The Hall–Kier alpha value is -3.52. The number of amides is 1. The highest BCUT2D eigenvalue weighted by Gasteiger charge is 2.23. The Labute approximate surface area is 182 Å². The van der Waals surface area contributed by atoms with E-state index >= 15 is 0 Å². The van der Waals surface area contributed by atoms with Crippen molar-refractivity contribution in [2.75, 3.05) is 19.5 Å². The lowest BCUT2D eigenvalue weighted by atomic mass is 10.2. The van der Waals surface area contributed by atoms with E-state index in [4.69, 9.17) is 21.1 Å². The molecule has 0 radical (unpaired) electrons. The number of rotatable bonds is 5. The van der Waals surface area contributed by atoms with E-state index in [1.54, 1.807) is 23.6 Å². The zero-order chi connectivity index (χ0) is 22.3. The zero-order valence-corrected chi connectivity index (χ0v) is 18.2. The minimum absolute atomic E-state index is 0.291. The maximum absolute atomic E-state index is 13.3. The van der Waals surface area contributed by atoms with Crippen molar-refractivity contribution in [1.82, 2.24) is 14.2 Å². The first-order valence-corrected chi connectivity index (χ1v) is 9.95. The Morgan fingerprint density at radius 1 is 1.13 bits per heavy atom. The van der Waals surface area contributed by atoms with Gasteiger partial charge in [0.15, 0.2) is 5.65 Å². The average molecular weight is 441 g/mol. The van der Waals surface area contributed by atoms with E-state index < -0.39 is 6.04 Å². The van der Waals surface area contributed by atoms with Gasteiger partial charge in [-0.05, 0) is 32.0 Å². The summed E-state index contributed by atoms with van der Waals surface area (Å²) in [6.07, 6.45) is 0. The number of carbonyl (C=O) groups is 1. The number of halogens is 1. The van der Waals surface area contributed by atoms with Gasteiger partial charge in [-0.3, -0.25) is 14.3 Å². The summed E-state index contributed by atoms with van der Waals surface area (Å²) in [5.41, 5.74) is 2.06. The maximum Gasteiger partial charge on any atom is 0.273 e. The van der Waals surface area contributed by atoms with E-state index in [-0.39, 0.29) is 11.5 Å². The average Bonchev–Trinajstić information content (AvgIpc) is 3.08. The molecule has 160 valence electrons. The van der Waals surface area contributed by atoms with E-state index in [1.807, 2.05) is 35.9 Å². The van der Waals surface area contributed by atoms with Crippen LogP contribution in [-0.2, 0) is 4.79 Å². The van der Waals surface area contributed by atoms with Crippen LogP contribution in [0, 0.1) is 6.92 Å². The lowest BCUT2D eigenvalue weighted by Crippen LogP contribution is -2.27. The predicted molar refractivity (Wildman–Crippen MR) is 120 cm³/mol. The van der Waals surface area contributed by atoms with E-state index in [1.165, 1.54) is 20.3 Å². The van der Waals surface area contributed by atoms with E-state index in [2.05, 4.69) is 10.3 Å². The zero-order valence-electron chi connectivity index (χ0n) is 17.5. The smallest absolute Gasteiger partial charge is 0.273 e. The quantitative estimate of drug-likeness (QED) is 0.509. The number of methoxy groups -OCH3 is 2. The van der Waals surface area contributed by atoms with Crippen molar-refractivity contribution in [3.63, 3.8) is 0 Å². The number of para-hydroxylation sites is 1. The fourth-order valence-corrected chi connectivity index (χ4v) is 3.94. The maximum atomic E-state index is 13.3. The van der Waals surface area contributed by atoms with E-state index in [0.717, 1.165) is 10.9 Å². The predicted octanol–water partition coefficient (Wildman–Crippen LogP) is 3.83. The van der Waals surface area contributed by atoms with Gasteiger partial charge in [-0.1, -0.05) is 23.7 Å². The van der Waals surface area contributed by atoms with Gasteiger partial charge in [-0.25, -0.2) is 4.52 Å². The number of fused-ring (bicyclic) bond motifs is 3. The summed E-state index contributed by atoms with van der Waals surface area (Å²) < 4.78 is 14.2. The fourth-order valence-electron chi connectivity index (χ4n) is 3.70. The van der Waals surface area contributed by atoms with Gasteiger partial charge in [-0.15, -0.1) is 0 Å². The van der Waals surface area contributed by atoms with E-state index in [9.17, 15) is 9.59 Å². The minimum atomic E-state index is -0.643. The number of hydrogen-bond donors (Lipinski definition) is 1. The molecule has 2 heterocycles. The lowest BCUT2D eigenvalue weighted by Gasteiger charge is -2.19. The van der Waals surface area contributed by atoms with Gasteiger partial charge >= 0.3 is 0 Å². The van der Waals surface area contributed by atoms with Crippen LogP contribution >= 0.6 is 11.6 Å². The van der Waals surface area contributed by atoms with Crippen molar-refractivity contribution in [3.05, 3.63) is 63.5 Å². The number of aryl methyl sites for hydroxylation is 1. The van der Waals surface area contributed by atoms with Crippen molar-refractivity contribution in [3.8, 4) is 11.5 Å². The van der Waals surface area contributed by atoms with Gasteiger partial charge in [0, 0.05) is 23.2 Å². The normalized spacial score (nSPS) is 12.2. The standard InChI is InChI=1S/C22H21ClN4O4/c1-12-9-20(28)25-21-14-7-5-6-8-17(14)27(26(12)21)13(2)22(29)24-16-10-15(23)18(30-3)11-19(16)31-4/h5-11,13H,1-4H3,(H,24,29). The molecule has 1 unspecified atom stereocenters. The van der Waals surface area contributed by atoms with Crippen LogP contribution < -0.4 is 20.3 Å². The molecule has 2 aromatic heterocycles. The Bertz CT molecular complexity index is 1380. The third kappa shape index (κ3) is 3.48. The van der Waals surface area contributed by atoms with Crippen LogP contribution in [0.4, 0.5) is 5.69 Å². The summed E-state index contributed by atoms with van der Waals surface area (Å²) in [6.45, 7) is 3.58. The molecule has 0 fully saturated rings. The Kier molecular flexibility index (Phi) is 5.32. The first-order chi connectivity index (χ1) is 14.8. The highest BCUT2D eigenvalue weighted by atomic mass is 35.5. The SMILES string of the molecule is COc1cc(OC)c(NC(=O)C(C)n2c3ccccc3c3nc(=O)cc(C)n32)cc1Cl. The summed E-state index contributed by atoms with van der Waals surface area (Å²) in [4.78, 5) is 29.4. The van der Waals surface area contributed by atoms with Crippen LogP contribution in [0.5, 0.6) is 11.5 Å². The monoisotopic (exact) mass is 440 g/mol. The molecule has 0 spiro atoms. The number of ether oxygens (including phenoxy) is 2. The third-order valence-electron chi connectivity index (χ3n) is 5.17. The third-order valence-corrected chi connectivity index (χ3v) is 5.46. The Morgan fingerprint density at radius 2 is 1.84 bits per heavy atom. The molecule has 0 saturated heterocycles. The van der Waals surface area contributed by atoms with Crippen LogP contribution in [0.3, 0.4) is 0 Å². The largest absolute Gasteiger partial charge is 0.495 e. The van der Waals surface area contributed by atoms with Crippen LogP contribution in [0.2, 0.25) is 5.02 Å². The number of anilines is 1. The van der Waals surface area contributed by atoms with Crippen molar-refractivity contribution < 1.29 is 14.3 Å². The molecule has 1 amide bonds. The molecular formula is C22H21ClN4O4. The molecule has 0 bridgehead atoms. The number of benzene rings is 2. The van der Waals surface area contributed by atoms with Gasteiger partial charge in [0.2, 0.25) is 5.91 Å². The second kappa shape index (κ2) is 7.96. The summed E-state index contributed by atoms with van der Waals surface area (Å²) in [5.74, 6) is 0.573. The number of nitrogens with zero attached hydrogens (tertiary/aromatic N) is 3. The molecule has 1 atom stereocenters. The van der Waals surface area contributed by atoms with Crippen LogP contribution in [0.15, 0.2) is 47.3 Å². The molecule has 2 aromatic carbocycles. The second-order valence-corrected chi connectivity index (χ2v) is 7.49. The van der Waals surface area contributed by atoms with Gasteiger partial charge < -0.3 is 14.8 Å². The second-order valence-electron chi connectivity index (χ2n) is 7.09. The number of carbonyl (C=O) groups excluding carboxylic acids is 1. The highest BCUT2D eigenvalue weighted by Crippen LogP contribution is 2.36. The first kappa shape index (κ1) is 20.7. The summed E-state index contributed by atoms with van der Waals surface area (Å²) >= 11 is 6.23. The molecule has 31 heavy (non-hydrogen) atoms. The number of aromatic nitrogens is 3. The molecule has 4 aromatic rings. The Morgan fingerprint density at radius 3 is 2.55 bits per heavy atom.